The maximum atomic E-state index is 13.2. The Labute approximate surface area is 193 Å². The second-order valence-electron chi connectivity index (χ2n) is 6.93. The summed E-state index contributed by atoms with van der Waals surface area (Å²) in [5.74, 6) is 1.24. The van der Waals surface area contributed by atoms with Gasteiger partial charge in [0.25, 0.3) is 5.91 Å². The van der Waals surface area contributed by atoms with Crippen molar-refractivity contribution < 1.29 is 19.0 Å². The molecule has 1 aliphatic rings. The normalized spacial score (nSPS) is 16.1. The average Bonchev–Trinajstić information content (AvgIpc) is 3.07. The molecule has 2 aromatic carbocycles. The van der Waals surface area contributed by atoms with Crippen LogP contribution in [-0.2, 0) is 16.0 Å². The Bertz CT molecular complexity index is 1020. The molecule has 168 valence electrons. The first-order valence-electron chi connectivity index (χ1n) is 10.4. The Morgan fingerprint density at radius 3 is 2.62 bits per heavy atom. The summed E-state index contributed by atoms with van der Waals surface area (Å²) in [5.41, 5.74) is 2.60. The first-order valence-corrected chi connectivity index (χ1v) is 11.2. The molecule has 0 N–H and O–H groups in total. The molecule has 1 aliphatic heterocycles. The smallest absolute Gasteiger partial charge is 0.266 e. The fourth-order valence-corrected chi connectivity index (χ4v) is 4.33. The molecule has 1 fully saturated rings. The van der Waals surface area contributed by atoms with Crippen LogP contribution in [0.1, 0.15) is 18.1 Å². The molecule has 32 heavy (non-hydrogen) atoms. The molecule has 7 heteroatoms. The highest BCUT2D eigenvalue weighted by atomic mass is 32.2. The highest BCUT2D eigenvalue weighted by Crippen LogP contribution is 2.37. The molecule has 0 aromatic heterocycles. The number of allylic oxidation sites excluding steroid dienone is 1. The number of hydrogen-bond acceptors (Lipinski definition) is 6. The predicted octanol–water partition coefficient (Wildman–Crippen LogP) is 5.07. The van der Waals surface area contributed by atoms with E-state index in [9.17, 15) is 4.79 Å². The molecule has 2 aromatic rings. The van der Waals surface area contributed by atoms with Crippen molar-refractivity contribution >= 4 is 34.6 Å². The number of hydrogen-bond donors (Lipinski definition) is 0. The van der Waals surface area contributed by atoms with Gasteiger partial charge in [0.05, 0.1) is 37.5 Å². The topological polar surface area (TPSA) is 60.4 Å². The van der Waals surface area contributed by atoms with Crippen LogP contribution in [0.25, 0.3) is 6.08 Å². The summed E-state index contributed by atoms with van der Waals surface area (Å²) in [6, 6.07) is 13.5. The third-order valence-electron chi connectivity index (χ3n) is 4.71. The van der Waals surface area contributed by atoms with Gasteiger partial charge in [-0.1, -0.05) is 24.3 Å². The molecule has 0 spiro atoms. The standard InChI is InChI=1S/C25H28N2O4S/c1-5-10-19-15-18(16-21(31-6-2)23(19)30-4)17-22-24(28)27(13-14-29-3)25(32-22)26-20-11-8-7-9-12-20/h5,7-9,11-12,15-17H,1,6,10,13-14H2,2-4H3/b22-17+,26-25?. The summed E-state index contributed by atoms with van der Waals surface area (Å²) in [6.07, 6.45) is 4.31. The largest absolute Gasteiger partial charge is 0.493 e. The predicted molar refractivity (Wildman–Crippen MR) is 131 cm³/mol. The molecule has 0 aliphatic carbocycles. The van der Waals surface area contributed by atoms with Crippen molar-refractivity contribution in [3.05, 3.63) is 71.2 Å². The first-order chi connectivity index (χ1) is 15.6. The molecule has 0 atom stereocenters. The molecule has 0 radical (unpaired) electrons. The van der Waals surface area contributed by atoms with Crippen LogP contribution in [0.15, 0.2) is 65.0 Å². The zero-order chi connectivity index (χ0) is 22.9. The van der Waals surface area contributed by atoms with Crippen LogP contribution >= 0.6 is 11.8 Å². The van der Waals surface area contributed by atoms with Gasteiger partial charge in [-0.05, 0) is 61.0 Å². The van der Waals surface area contributed by atoms with E-state index in [2.05, 4.69) is 11.6 Å². The van der Waals surface area contributed by atoms with Gasteiger partial charge in [0, 0.05) is 12.7 Å². The minimum absolute atomic E-state index is 0.0965. The molecule has 1 heterocycles. The Morgan fingerprint density at radius 2 is 1.97 bits per heavy atom. The molecule has 0 unspecified atom stereocenters. The number of ether oxygens (including phenoxy) is 3. The summed E-state index contributed by atoms with van der Waals surface area (Å²) >= 11 is 1.36. The lowest BCUT2D eigenvalue weighted by Gasteiger charge is -2.15. The second kappa shape index (κ2) is 11.5. The van der Waals surface area contributed by atoms with Crippen LogP contribution in [0.5, 0.6) is 11.5 Å². The highest BCUT2D eigenvalue weighted by Gasteiger charge is 2.33. The number of aliphatic imine (C=N–C) groups is 1. The SMILES string of the molecule is C=CCc1cc(/C=C2/SC(=Nc3ccccc3)N(CCOC)C2=O)cc(OCC)c1OC. The van der Waals surface area contributed by atoms with Crippen molar-refractivity contribution in [3.63, 3.8) is 0 Å². The molecular formula is C25H28N2O4S. The fraction of sp³-hybridized carbons (Fsp3) is 0.280. The molecule has 3 rings (SSSR count). The highest BCUT2D eigenvalue weighted by molar-refractivity contribution is 8.18. The maximum Gasteiger partial charge on any atom is 0.266 e. The van der Waals surface area contributed by atoms with Crippen molar-refractivity contribution in [1.82, 2.24) is 4.90 Å². The maximum absolute atomic E-state index is 13.2. The van der Waals surface area contributed by atoms with E-state index in [0.29, 0.717) is 47.8 Å². The second-order valence-corrected chi connectivity index (χ2v) is 7.94. The molecule has 0 saturated carbocycles. The van der Waals surface area contributed by atoms with Crippen LogP contribution in [0.4, 0.5) is 5.69 Å². The van der Waals surface area contributed by atoms with Gasteiger partial charge < -0.3 is 14.2 Å². The van der Waals surface area contributed by atoms with Gasteiger partial charge in [-0.3, -0.25) is 9.69 Å². The number of rotatable bonds is 10. The monoisotopic (exact) mass is 452 g/mol. The number of thioether (sulfide) groups is 1. The van der Waals surface area contributed by atoms with E-state index in [4.69, 9.17) is 14.2 Å². The number of methoxy groups -OCH3 is 2. The van der Waals surface area contributed by atoms with E-state index in [1.807, 2.05) is 61.5 Å². The molecule has 6 nitrogen and oxygen atoms in total. The van der Waals surface area contributed by atoms with E-state index in [-0.39, 0.29) is 5.91 Å². The summed E-state index contributed by atoms with van der Waals surface area (Å²) in [4.78, 5) is 20.1. The molecule has 0 bridgehead atoms. The van der Waals surface area contributed by atoms with E-state index in [1.165, 1.54) is 11.8 Å². The van der Waals surface area contributed by atoms with Crippen LogP contribution in [-0.4, -0.2) is 50.0 Å². The van der Waals surface area contributed by atoms with Crippen LogP contribution in [0.2, 0.25) is 0 Å². The number of nitrogens with zero attached hydrogens (tertiary/aromatic N) is 2. The lowest BCUT2D eigenvalue weighted by Crippen LogP contribution is -2.32. The van der Waals surface area contributed by atoms with Crippen LogP contribution in [0.3, 0.4) is 0 Å². The van der Waals surface area contributed by atoms with Crippen molar-refractivity contribution in [3.8, 4) is 11.5 Å². The van der Waals surface area contributed by atoms with Gasteiger partial charge in [0.1, 0.15) is 0 Å². The van der Waals surface area contributed by atoms with Crippen molar-refractivity contribution in [2.24, 2.45) is 4.99 Å². The van der Waals surface area contributed by atoms with E-state index in [1.54, 1.807) is 19.1 Å². The number of para-hydroxylation sites is 1. The molecular weight excluding hydrogens is 424 g/mol. The summed E-state index contributed by atoms with van der Waals surface area (Å²) in [7, 11) is 3.24. The summed E-state index contributed by atoms with van der Waals surface area (Å²) < 4.78 is 16.6. The van der Waals surface area contributed by atoms with Gasteiger partial charge >= 0.3 is 0 Å². The third-order valence-corrected chi connectivity index (χ3v) is 5.71. The van der Waals surface area contributed by atoms with Crippen molar-refractivity contribution in [2.45, 2.75) is 13.3 Å². The number of amides is 1. The van der Waals surface area contributed by atoms with Gasteiger partial charge in [-0.2, -0.15) is 0 Å². The van der Waals surface area contributed by atoms with Crippen molar-refractivity contribution in [2.75, 3.05) is 34.0 Å². The zero-order valence-corrected chi connectivity index (χ0v) is 19.5. The van der Waals surface area contributed by atoms with Gasteiger partial charge in [0.15, 0.2) is 16.7 Å². The van der Waals surface area contributed by atoms with Gasteiger partial charge in [-0.15, -0.1) is 6.58 Å². The van der Waals surface area contributed by atoms with Crippen LogP contribution < -0.4 is 9.47 Å². The van der Waals surface area contributed by atoms with Gasteiger partial charge in [-0.25, -0.2) is 4.99 Å². The average molecular weight is 453 g/mol. The number of carbonyl (C=O) groups excluding carboxylic acids is 1. The quantitative estimate of drug-likeness (QED) is 0.372. The Balaban J connectivity index is 2.00. The van der Waals surface area contributed by atoms with Crippen molar-refractivity contribution in [1.29, 1.82) is 0 Å². The first kappa shape index (κ1) is 23.6. The third kappa shape index (κ3) is 5.60. The number of carbonyl (C=O) groups is 1. The zero-order valence-electron chi connectivity index (χ0n) is 18.7. The summed E-state index contributed by atoms with van der Waals surface area (Å²) in [6.45, 7) is 7.13. The molecule has 1 amide bonds. The Morgan fingerprint density at radius 1 is 1.19 bits per heavy atom. The van der Waals surface area contributed by atoms with E-state index >= 15 is 0 Å². The number of amidine groups is 1. The number of benzene rings is 2. The van der Waals surface area contributed by atoms with Crippen LogP contribution in [0, 0.1) is 0 Å². The summed E-state index contributed by atoms with van der Waals surface area (Å²) in [5, 5.41) is 0.634. The van der Waals surface area contributed by atoms with E-state index in [0.717, 1.165) is 16.8 Å². The van der Waals surface area contributed by atoms with Gasteiger partial charge in [0.2, 0.25) is 0 Å². The minimum atomic E-state index is -0.0965. The lowest BCUT2D eigenvalue weighted by atomic mass is 10.0. The minimum Gasteiger partial charge on any atom is -0.493 e. The fourth-order valence-electron chi connectivity index (χ4n) is 3.30. The lowest BCUT2D eigenvalue weighted by molar-refractivity contribution is -0.122. The Hall–Kier alpha value is -3.03. The molecule has 1 saturated heterocycles. The Kier molecular flexibility index (Phi) is 8.53. The van der Waals surface area contributed by atoms with E-state index < -0.39 is 0 Å².